The number of hydrogen-bond donors (Lipinski definition) is 2. The molecular formula is C18H17N3O3. The Hall–Kier alpha value is -3.15. The molecule has 0 fully saturated rings. The highest BCUT2D eigenvalue weighted by atomic mass is 16.2. The molecule has 2 aromatic rings. The molecule has 3 amide bonds. The molecule has 0 spiro atoms. The van der Waals surface area contributed by atoms with E-state index in [2.05, 4.69) is 5.32 Å². The first kappa shape index (κ1) is 15.7. The average Bonchev–Trinajstić information content (AvgIpc) is 2.83. The molecule has 122 valence electrons. The summed E-state index contributed by atoms with van der Waals surface area (Å²) in [5.74, 6) is -1.36. The quantitative estimate of drug-likeness (QED) is 0.669. The number of nitrogen functional groups attached to an aromatic ring is 1. The molecule has 0 saturated carbocycles. The largest absolute Gasteiger partial charge is 0.398 e. The summed E-state index contributed by atoms with van der Waals surface area (Å²) < 4.78 is 0. The Labute approximate surface area is 139 Å². The van der Waals surface area contributed by atoms with Crippen LogP contribution < -0.4 is 11.1 Å². The Kier molecular flexibility index (Phi) is 3.81. The fraction of sp³-hybridized carbons (Fsp3) is 0.167. The average molecular weight is 323 g/mol. The van der Waals surface area contributed by atoms with Crippen LogP contribution in [0.4, 0.5) is 11.4 Å². The smallest absolute Gasteiger partial charge is 0.262 e. The van der Waals surface area contributed by atoms with E-state index in [1.807, 2.05) is 0 Å². The summed E-state index contributed by atoms with van der Waals surface area (Å²) in [5, 5.41) is 2.73. The molecule has 3 rings (SSSR count). The van der Waals surface area contributed by atoms with Crippen molar-refractivity contribution in [3.8, 4) is 0 Å². The molecule has 0 aromatic heterocycles. The summed E-state index contributed by atoms with van der Waals surface area (Å²) in [5.41, 5.74) is 8.32. The number of amides is 3. The fourth-order valence-corrected chi connectivity index (χ4v) is 2.70. The van der Waals surface area contributed by atoms with Crippen molar-refractivity contribution in [2.45, 2.75) is 19.9 Å². The monoisotopic (exact) mass is 323 g/mol. The third kappa shape index (κ3) is 2.42. The summed E-state index contributed by atoms with van der Waals surface area (Å²) in [6.07, 6.45) is 0. The molecule has 6 nitrogen and oxygen atoms in total. The third-order valence-electron chi connectivity index (χ3n) is 4.23. The Morgan fingerprint density at radius 1 is 1.04 bits per heavy atom. The number of benzene rings is 2. The van der Waals surface area contributed by atoms with Gasteiger partial charge in [-0.05, 0) is 43.7 Å². The van der Waals surface area contributed by atoms with Crippen LogP contribution in [-0.4, -0.2) is 28.7 Å². The number of carbonyl (C=O) groups excluding carboxylic acids is 3. The van der Waals surface area contributed by atoms with Crippen molar-refractivity contribution in [1.29, 1.82) is 0 Å². The van der Waals surface area contributed by atoms with Gasteiger partial charge in [-0.15, -0.1) is 0 Å². The maximum Gasteiger partial charge on any atom is 0.262 e. The SMILES string of the molecule is Cc1c(N)cccc1NC(=O)C(C)N1C(=O)c2ccccc2C1=O. The van der Waals surface area contributed by atoms with Crippen LogP contribution in [0, 0.1) is 6.92 Å². The van der Waals surface area contributed by atoms with E-state index >= 15 is 0 Å². The number of carbonyl (C=O) groups is 3. The Morgan fingerprint density at radius 2 is 1.62 bits per heavy atom. The van der Waals surface area contributed by atoms with Crippen LogP contribution in [0.15, 0.2) is 42.5 Å². The molecule has 6 heteroatoms. The van der Waals surface area contributed by atoms with Gasteiger partial charge in [-0.1, -0.05) is 18.2 Å². The first-order chi connectivity index (χ1) is 11.4. The van der Waals surface area contributed by atoms with Gasteiger partial charge in [-0.2, -0.15) is 0 Å². The van der Waals surface area contributed by atoms with Gasteiger partial charge in [0, 0.05) is 11.4 Å². The molecule has 1 heterocycles. The van der Waals surface area contributed by atoms with Gasteiger partial charge >= 0.3 is 0 Å². The Morgan fingerprint density at radius 3 is 2.21 bits per heavy atom. The molecule has 24 heavy (non-hydrogen) atoms. The highest BCUT2D eigenvalue weighted by molar-refractivity contribution is 6.23. The van der Waals surface area contributed by atoms with Gasteiger partial charge in [0.1, 0.15) is 6.04 Å². The van der Waals surface area contributed by atoms with E-state index in [9.17, 15) is 14.4 Å². The summed E-state index contributed by atoms with van der Waals surface area (Å²) in [6.45, 7) is 3.32. The zero-order valence-electron chi connectivity index (χ0n) is 13.4. The Bertz CT molecular complexity index is 825. The maximum absolute atomic E-state index is 12.5. The van der Waals surface area contributed by atoms with Crippen LogP contribution in [-0.2, 0) is 4.79 Å². The van der Waals surface area contributed by atoms with Gasteiger partial charge < -0.3 is 11.1 Å². The maximum atomic E-state index is 12.5. The first-order valence-electron chi connectivity index (χ1n) is 7.54. The minimum atomic E-state index is -0.932. The van der Waals surface area contributed by atoms with Crippen LogP contribution in [0.25, 0.3) is 0 Å². The van der Waals surface area contributed by atoms with Crippen molar-refractivity contribution in [2.24, 2.45) is 0 Å². The highest BCUT2D eigenvalue weighted by Gasteiger charge is 2.40. The van der Waals surface area contributed by atoms with Crippen LogP contribution in [0.2, 0.25) is 0 Å². The van der Waals surface area contributed by atoms with Crippen molar-refractivity contribution in [1.82, 2.24) is 4.90 Å². The predicted molar refractivity (Wildman–Crippen MR) is 90.6 cm³/mol. The van der Waals surface area contributed by atoms with Gasteiger partial charge in [-0.25, -0.2) is 0 Å². The van der Waals surface area contributed by atoms with Crippen LogP contribution in [0.3, 0.4) is 0 Å². The van der Waals surface area contributed by atoms with Gasteiger partial charge in [0.15, 0.2) is 0 Å². The first-order valence-corrected chi connectivity index (χ1v) is 7.54. The van der Waals surface area contributed by atoms with Crippen LogP contribution >= 0.6 is 0 Å². The van der Waals surface area contributed by atoms with Gasteiger partial charge in [0.25, 0.3) is 11.8 Å². The van der Waals surface area contributed by atoms with E-state index < -0.39 is 23.8 Å². The topological polar surface area (TPSA) is 92.5 Å². The second-order valence-electron chi connectivity index (χ2n) is 5.71. The number of nitrogens with one attached hydrogen (secondary N) is 1. The lowest BCUT2D eigenvalue weighted by Gasteiger charge is -2.22. The molecular weight excluding hydrogens is 306 g/mol. The molecule has 0 saturated heterocycles. The molecule has 0 bridgehead atoms. The minimum Gasteiger partial charge on any atom is -0.398 e. The summed E-state index contributed by atoms with van der Waals surface area (Å²) >= 11 is 0. The number of nitrogens with zero attached hydrogens (tertiary/aromatic N) is 1. The van der Waals surface area contributed by atoms with Gasteiger partial charge in [-0.3, -0.25) is 19.3 Å². The molecule has 1 atom stereocenters. The molecule has 0 aliphatic carbocycles. The van der Waals surface area contributed by atoms with Crippen LogP contribution in [0.5, 0.6) is 0 Å². The van der Waals surface area contributed by atoms with E-state index in [-0.39, 0.29) is 0 Å². The summed E-state index contributed by atoms with van der Waals surface area (Å²) in [4.78, 5) is 38.4. The zero-order chi connectivity index (χ0) is 17.4. The predicted octanol–water partition coefficient (Wildman–Crippen LogP) is 2.20. The van der Waals surface area contributed by atoms with E-state index in [1.54, 1.807) is 49.4 Å². The summed E-state index contributed by atoms with van der Waals surface area (Å²) in [6, 6.07) is 10.8. The number of nitrogens with two attached hydrogens (primary N) is 1. The lowest BCUT2D eigenvalue weighted by Crippen LogP contribution is -2.45. The summed E-state index contributed by atoms with van der Waals surface area (Å²) in [7, 11) is 0. The van der Waals surface area contributed by atoms with E-state index in [0.29, 0.717) is 22.5 Å². The number of hydrogen-bond acceptors (Lipinski definition) is 4. The van der Waals surface area contributed by atoms with Crippen LogP contribution in [0.1, 0.15) is 33.2 Å². The normalized spacial score (nSPS) is 14.5. The van der Waals surface area contributed by atoms with Crippen molar-refractivity contribution in [3.63, 3.8) is 0 Å². The van der Waals surface area contributed by atoms with E-state index in [4.69, 9.17) is 5.73 Å². The van der Waals surface area contributed by atoms with Gasteiger partial charge in [0.2, 0.25) is 5.91 Å². The molecule has 1 unspecified atom stereocenters. The second-order valence-corrected chi connectivity index (χ2v) is 5.71. The molecule has 1 aliphatic rings. The lowest BCUT2D eigenvalue weighted by atomic mass is 10.1. The number of rotatable bonds is 3. The number of fused-ring (bicyclic) bond motifs is 1. The number of anilines is 2. The standard InChI is InChI=1S/C18H17N3O3/c1-10-14(19)8-5-9-15(10)20-16(22)11(2)21-17(23)12-6-3-4-7-13(12)18(21)24/h3-9,11H,19H2,1-2H3,(H,20,22). The fourth-order valence-electron chi connectivity index (χ4n) is 2.70. The second kappa shape index (κ2) is 5.81. The van der Waals surface area contributed by atoms with Gasteiger partial charge in [0.05, 0.1) is 11.1 Å². The lowest BCUT2D eigenvalue weighted by molar-refractivity contribution is -0.119. The highest BCUT2D eigenvalue weighted by Crippen LogP contribution is 2.26. The number of imide groups is 1. The molecule has 2 aromatic carbocycles. The van der Waals surface area contributed by atoms with Crippen molar-refractivity contribution in [2.75, 3.05) is 11.1 Å². The molecule has 3 N–H and O–H groups in total. The van der Waals surface area contributed by atoms with E-state index in [0.717, 1.165) is 10.5 Å². The Balaban J connectivity index is 1.83. The molecule has 0 radical (unpaired) electrons. The minimum absolute atomic E-state index is 0.322. The van der Waals surface area contributed by atoms with Crippen molar-refractivity contribution >= 4 is 29.1 Å². The molecule has 1 aliphatic heterocycles. The van der Waals surface area contributed by atoms with E-state index in [1.165, 1.54) is 6.92 Å². The zero-order valence-corrected chi connectivity index (χ0v) is 13.4. The van der Waals surface area contributed by atoms with Crippen molar-refractivity contribution in [3.05, 3.63) is 59.2 Å². The van der Waals surface area contributed by atoms with Crippen molar-refractivity contribution < 1.29 is 14.4 Å². The third-order valence-corrected chi connectivity index (χ3v) is 4.23.